The summed E-state index contributed by atoms with van der Waals surface area (Å²) in [5, 5.41) is 6.08. The van der Waals surface area contributed by atoms with E-state index < -0.39 is 6.04 Å². The van der Waals surface area contributed by atoms with Crippen LogP contribution in [0.15, 0.2) is 30.3 Å². The lowest BCUT2D eigenvalue weighted by molar-refractivity contribution is -0.145. The largest absolute Gasteiger partial charge is 0.467 e. The molecule has 1 aliphatic heterocycles. The highest BCUT2D eigenvalue weighted by molar-refractivity contribution is 7.98. The molecule has 5 nitrogen and oxygen atoms in total. The van der Waals surface area contributed by atoms with E-state index in [1.165, 1.54) is 12.7 Å². The van der Waals surface area contributed by atoms with Crippen LogP contribution >= 0.6 is 11.8 Å². The standard InChI is InChI=1S/C17H24N2O3S/c1-22-17(21)14(8-9-23-2)19-16(20)15-10-13(11-18-15)12-6-4-3-5-7-12/h3-7,13-15,18H,8-11H2,1-2H3,(H,19,20)/t13-,14-,15-/m0/s1. The van der Waals surface area contributed by atoms with Crippen molar-refractivity contribution < 1.29 is 14.3 Å². The van der Waals surface area contributed by atoms with Crippen LogP contribution in [0, 0.1) is 0 Å². The fourth-order valence-electron chi connectivity index (χ4n) is 2.81. The van der Waals surface area contributed by atoms with Crippen molar-refractivity contribution in [3.8, 4) is 0 Å². The van der Waals surface area contributed by atoms with Crippen LogP contribution in [0.1, 0.15) is 24.3 Å². The highest BCUT2D eigenvalue weighted by Crippen LogP contribution is 2.25. The molecule has 1 aromatic rings. The molecule has 0 aromatic heterocycles. The molecule has 1 heterocycles. The molecule has 6 heteroatoms. The number of hydrogen-bond acceptors (Lipinski definition) is 5. The molecule has 1 aliphatic rings. The third kappa shape index (κ3) is 4.97. The summed E-state index contributed by atoms with van der Waals surface area (Å²) in [6.07, 6.45) is 3.29. The van der Waals surface area contributed by atoms with Crippen molar-refractivity contribution in [2.24, 2.45) is 0 Å². The molecule has 0 spiro atoms. The van der Waals surface area contributed by atoms with E-state index in [9.17, 15) is 9.59 Å². The van der Waals surface area contributed by atoms with Crippen molar-refractivity contribution >= 4 is 23.6 Å². The number of methoxy groups -OCH3 is 1. The lowest BCUT2D eigenvalue weighted by Gasteiger charge is -2.18. The van der Waals surface area contributed by atoms with Gasteiger partial charge in [0.05, 0.1) is 13.2 Å². The van der Waals surface area contributed by atoms with Crippen LogP contribution in [-0.4, -0.2) is 49.6 Å². The van der Waals surface area contributed by atoms with Gasteiger partial charge in [0.25, 0.3) is 0 Å². The molecule has 1 fully saturated rings. The average molecular weight is 336 g/mol. The summed E-state index contributed by atoms with van der Waals surface area (Å²) in [6, 6.07) is 9.35. The summed E-state index contributed by atoms with van der Waals surface area (Å²) in [4.78, 5) is 24.2. The first-order valence-corrected chi connectivity index (χ1v) is 9.20. The summed E-state index contributed by atoms with van der Waals surface area (Å²) in [6.45, 7) is 0.774. The van der Waals surface area contributed by atoms with Crippen molar-refractivity contribution in [3.63, 3.8) is 0 Å². The summed E-state index contributed by atoms with van der Waals surface area (Å²) >= 11 is 1.64. The maximum atomic E-state index is 12.4. The third-order valence-electron chi connectivity index (χ3n) is 4.13. The number of nitrogens with one attached hydrogen (secondary N) is 2. The van der Waals surface area contributed by atoms with Gasteiger partial charge in [-0.15, -0.1) is 0 Å². The van der Waals surface area contributed by atoms with Gasteiger partial charge in [0.15, 0.2) is 0 Å². The fourth-order valence-corrected chi connectivity index (χ4v) is 3.29. The van der Waals surface area contributed by atoms with E-state index in [0.29, 0.717) is 12.3 Å². The summed E-state index contributed by atoms with van der Waals surface area (Å²) in [7, 11) is 1.35. The Morgan fingerprint density at radius 3 is 2.78 bits per heavy atom. The second-order valence-electron chi connectivity index (χ2n) is 5.67. The van der Waals surface area contributed by atoms with Crippen LogP contribution in [-0.2, 0) is 14.3 Å². The Hall–Kier alpha value is -1.53. The zero-order valence-electron chi connectivity index (χ0n) is 13.6. The number of rotatable bonds is 7. The van der Waals surface area contributed by atoms with E-state index in [0.717, 1.165) is 18.7 Å². The van der Waals surface area contributed by atoms with Crippen molar-refractivity contribution in [3.05, 3.63) is 35.9 Å². The molecule has 0 saturated carbocycles. The van der Waals surface area contributed by atoms with Crippen LogP contribution in [0.25, 0.3) is 0 Å². The Bertz CT molecular complexity index is 524. The maximum Gasteiger partial charge on any atom is 0.328 e. The number of amides is 1. The van der Waals surface area contributed by atoms with Gasteiger partial charge in [0, 0.05) is 6.54 Å². The van der Waals surface area contributed by atoms with E-state index in [2.05, 4.69) is 22.8 Å². The molecule has 1 aromatic carbocycles. The first kappa shape index (κ1) is 17.8. The summed E-state index contributed by atoms with van der Waals surface area (Å²) < 4.78 is 4.78. The lowest BCUT2D eigenvalue weighted by Crippen LogP contribution is -2.48. The molecule has 3 atom stereocenters. The minimum absolute atomic E-state index is 0.125. The third-order valence-corrected chi connectivity index (χ3v) is 4.78. The molecule has 1 saturated heterocycles. The fraction of sp³-hybridized carbons (Fsp3) is 0.529. The van der Waals surface area contributed by atoms with E-state index in [1.54, 1.807) is 11.8 Å². The van der Waals surface area contributed by atoms with Gasteiger partial charge in [-0.05, 0) is 36.3 Å². The summed E-state index contributed by atoms with van der Waals surface area (Å²) in [5.41, 5.74) is 1.24. The smallest absolute Gasteiger partial charge is 0.328 e. The Labute approximate surface area is 141 Å². The second kappa shape index (κ2) is 8.93. The van der Waals surface area contributed by atoms with Gasteiger partial charge >= 0.3 is 5.97 Å². The number of esters is 1. The number of benzene rings is 1. The number of carbonyl (C=O) groups is 2. The molecule has 1 amide bonds. The predicted molar refractivity (Wildman–Crippen MR) is 92.5 cm³/mol. The van der Waals surface area contributed by atoms with Gasteiger partial charge in [-0.25, -0.2) is 4.79 Å². The first-order valence-electron chi connectivity index (χ1n) is 7.81. The van der Waals surface area contributed by atoms with E-state index in [-0.39, 0.29) is 17.9 Å². The molecule has 0 radical (unpaired) electrons. The SMILES string of the molecule is COC(=O)[C@H](CCSC)NC(=O)[C@@H]1C[C@H](c2ccccc2)CN1. The number of carbonyl (C=O) groups excluding carboxylic acids is 2. The van der Waals surface area contributed by atoms with Crippen LogP contribution in [0.3, 0.4) is 0 Å². The summed E-state index contributed by atoms with van der Waals surface area (Å²) in [5.74, 6) is 0.616. The van der Waals surface area contributed by atoms with Gasteiger partial charge in [0.1, 0.15) is 6.04 Å². The quantitative estimate of drug-likeness (QED) is 0.740. The highest BCUT2D eigenvalue weighted by atomic mass is 32.2. The minimum atomic E-state index is -0.572. The van der Waals surface area contributed by atoms with E-state index in [4.69, 9.17) is 4.74 Å². The zero-order valence-corrected chi connectivity index (χ0v) is 14.4. The van der Waals surface area contributed by atoms with Crippen molar-refractivity contribution in [2.75, 3.05) is 25.7 Å². The second-order valence-corrected chi connectivity index (χ2v) is 6.66. The highest BCUT2D eigenvalue weighted by Gasteiger charge is 2.32. The monoisotopic (exact) mass is 336 g/mol. The van der Waals surface area contributed by atoms with Gasteiger partial charge in [-0.3, -0.25) is 4.79 Å². The molecular formula is C17H24N2O3S. The topological polar surface area (TPSA) is 67.4 Å². The molecule has 0 unspecified atom stereocenters. The zero-order chi connectivity index (χ0) is 16.7. The Balaban J connectivity index is 1.91. The number of thioether (sulfide) groups is 1. The van der Waals surface area contributed by atoms with Crippen LogP contribution in [0.2, 0.25) is 0 Å². The van der Waals surface area contributed by atoms with Gasteiger partial charge < -0.3 is 15.4 Å². The molecule has 23 heavy (non-hydrogen) atoms. The first-order chi connectivity index (χ1) is 11.2. The van der Waals surface area contributed by atoms with Crippen LogP contribution < -0.4 is 10.6 Å². The molecule has 126 valence electrons. The van der Waals surface area contributed by atoms with Crippen molar-refractivity contribution in [1.82, 2.24) is 10.6 Å². The molecule has 2 N–H and O–H groups in total. The molecule has 2 rings (SSSR count). The van der Waals surface area contributed by atoms with Crippen molar-refractivity contribution in [2.45, 2.75) is 30.8 Å². The van der Waals surface area contributed by atoms with Gasteiger partial charge in [-0.2, -0.15) is 11.8 Å². The number of ether oxygens (including phenoxy) is 1. The Morgan fingerprint density at radius 2 is 2.13 bits per heavy atom. The molecule has 0 aliphatic carbocycles. The van der Waals surface area contributed by atoms with Crippen molar-refractivity contribution in [1.29, 1.82) is 0 Å². The van der Waals surface area contributed by atoms with E-state index in [1.807, 2.05) is 24.5 Å². The lowest BCUT2D eigenvalue weighted by atomic mass is 9.96. The molecule has 0 bridgehead atoms. The average Bonchev–Trinajstić information content (AvgIpc) is 3.08. The van der Waals surface area contributed by atoms with Crippen LogP contribution in [0.5, 0.6) is 0 Å². The van der Waals surface area contributed by atoms with E-state index >= 15 is 0 Å². The van der Waals surface area contributed by atoms with Gasteiger partial charge in [0.2, 0.25) is 5.91 Å². The predicted octanol–water partition coefficient (Wildman–Crippen LogP) is 1.54. The number of hydrogen-bond donors (Lipinski definition) is 2. The van der Waals surface area contributed by atoms with Crippen LogP contribution in [0.4, 0.5) is 0 Å². The minimum Gasteiger partial charge on any atom is -0.467 e. The Morgan fingerprint density at radius 1 is 1.39 bits per heavy atom. The normalized spacial score (nSPS) is 21.7. The maximum absolute atomic E-state index is 12.4. The Kier molecular flexibility index (Phi) is 6.92. The molecular weight excluding hydrogens is 312 g/mol. The van der Waals surface area contributed by atoms with Gasteiger partial charge in [-0.1, -0.05) is 30.3 Å².